The molecule has 4 rings (SSSR count). The highest BCUT2D eigenvalue weighted by molar-refractivity contribution is 6.31. The summed E-state index contributed by atoms with van der Waals surface area (Å²) in [5.74, 6) is 0.648. The number of nitrogens with zero attached hydrogens (tertiary/aromatic N) is 1. The number of ether oxygens (including phenoxy) is 2. The van der Waals surface area contributed by atoms with Gasteiger partial charge in [-0.3, -0.25) is 4.79 Å². The van der Waals surface area contributed by atoms with Crippen molar-refractivity contribution >= 4 is 17.4 Å². The van der Waals surface area contributed by atoms with E-state index in [1.807, 2.05) is 62.4 Å². The largest absolute Gasteiger partial charge is 0.489 e. The Kier molecular flexibility index (Phi) is 5.51. The lowest BCUT2D eigenvalue weighted by Crippen LogP contribution is -2.33. The number of halogens is 1. The van der Waals surface area contributed by atoms with E-state index in [1.165, 1.54) is 0 Å². The fourth-order valence-electron chi connectivity index (χ4n) is 4.18. The van der Waals surface area contributed by atoms with Crippen LogP contribution in [0.1, 0.15) is 43.7 Å². The molecule has 5 nitrogen and oxygen atoms in total. The molecule has 2 aliphatic rings. The molecule has 0 saturated heterocycles. The predicted molar refractivity (Wildman–Crippen MR) is 118 cm³/mol. The maximum absolute atomic E-state index is 13.1. The Hall–Kier alpha value is -3.23. The smallest absolute Gasteiger partial charge is 0.205 e. The third kappa shape index (κ3) is 4.17. The number of nitrogens with two attached hydrogens (primary N) is 1. The minimum Gasteiger partial charge on any atom is -0.489 e. The first-order chi connectivity index (χ1) is 14.8. The minimum atomic E-state index is -0.568. The molecule has 0 fully saturated rings. The summed E-state index contributed by atoms with van der Waals surface area (Å²) >= 11 is 6.22. The zero-order chi connectivity index (χ0) is 22.2. The number of ketones is 1. The Bertz CT molecular complexity index is 1160. The van der Waals surface area contributed by atoms with Crippen molar-refractivity contribution in [2.45, 2.75) is 39.2 Å². The van der Waals surface area contributed by atoms with Gasteiger partial charge in [0.25, 0.3) is 0 Å². The Morgan fingerprint density at radius 3 is 2.74 bits per heavy atom. The van der Waals surface area contributed by atoms with Crippen LogP contribution in [0.5, 0.6) is 5.75 Å². The number of nitriles is 1. The minimum absolute atomic E-state index is 0.0149. The van der Waals surface area contributed by atoms with E-state index >= 15 is 0 Å². The summed E-state index contributed by atoms with van der Waals surface area (Å²) < 4.78 is 11.7. The fourth-order valence-corrected chi connectivity index (χ4v) is 4.37. The molecule has 0 spiro atoms. The van der Waals surface area contributed by atoms with Crippen LogP contribution in [-0.2, 0) is 16.1 Å². The highest BCUT2D eigenvalue weighted by Gasteiger charge is 2.43. The van der Waals surface area contributed by atoms with Crippen LogP contribution in [0.15, 0.2) is 71.3 Å². The number of rotatable bonds is 4. The maximum Gasteiger partial charge on any atom is 0.205 e. The summed E-state index contributed by atoms with van der Waals surface area (Å²) in [4.78, 5) is 13.1. The van der Waals surface area contributed by atoms with Gasteiger partial charge in [0.1, 0.15) is 29.8 Å². The molecule has 1 heterocycles. The van der Waals surface area contributed by atoms with Gasteiger partial charge in [-0.1, -0.05) is 55.8 Å². The summed E-state index contributed by atoms with van der Waals surface area (Å²) in [6.45, 7) is 4.35. The van der Waals surface area contributed by atoms with Gasteiger partial charge in [-0.05, 0) is 29.2 Å². The Morgan fingerprint density at radius 1 is 1.23 bits per heavy atom. The summed E-state index contributed by atoms with van der Waals surface area (Å²) in [7, 11) is 0. The van der Waals surface area contributed by atoms with Gasteiger partial charge in [-0.25, -0.2) is 0 Å². The molecule has 2 N–H and O–H groups in total. The van der Waals surface area contributed by atoms with Crippen molar-refractivity contribution < 1.29 is 14.3 Å². The van der Waals surface area contributed by atoms with Crippen LogP contribution < -0.4 is 10.5 Å². The number of hydrogen-bond acceptors (Lipinski definition) is 5. The summed E-state index contributed by atoms with van der Waals surface area (Å²) in [5, 5.41) is 10.4. The van der Waals surface area contributed by atoms with Crippen molar-refractivity contribution in [1.29, 1.82) is 5.26 Å². The van der Waals surface area contributed by atoms with Crippen LogP contribution in [0.4, 0.5) is 0 Å². The van der Waals surface area contributed by atoms with Crippen molar-refractivity contribution in [3.8, 4) is 11.8 Å². The Morgan fingerprint density at radius 2 is 2.00 bits per heavy atom. The van der Waals surface area contributed by atoms with E-state index < -0.39 is 5.92 Å². The molecular formula is C25H23ClN2O3. The van der Waals surface area contributed by atoms with Crippen LogP contribution in [-0.4, -0.2) is 5.78 Å². The second-order valence-corrected chi connectivity index (χ2v) is 9.06. The van der Waals surface area contributed by atoms with Gasteiger partial charge in [0.15, 0.2) is 5.78 Å². The first-order valence-electron chi connectivity index (χ1n) is 10.1. The molecule has 0 amide bonds. The lowest BCUT2D eigenvalue weighted by molar-refractivity contribution is -0.119. The molecule has 158 valence electrons. The van der Waals surface area contributed by atoms with Crippen molar-refractivity contribution in [2.24, 2.45) is 11.1 Å². The highest BCUT2D eigenvalue weighted by Crippen LogP contribution is 2.48. The molecule has 0 radical (unpaired) electrons. The van der Waals surface area contributed by atoms with Crippen molar-refractivity contribution in [3.63, 3.8) is 0 Å². The molecule has 1 aliphatic heterocycles. The number of hydrogen-bond donors (Lipinski definition) is 1. The highest BCUT2D eigenvalue weighted by atomic mass is 35.5. The number of allylic oxidation sites excluding steroid dienone is 3. The van der Waals surface area contributed by atoms with E-state index in [9.17, 15) is 10.1 Å². The summed E-state index contributed by atoms with van der Waals surface area (Å²) in [5.41, 5.74) is 8.28. The van der Waals surface area contributed by atoms with Crippen LogP contribution >= 0.6 is 11.6 Å². The third-order valence-corrected chi connectivity index (χ3v) is 5.99. The van der Waals surface area contributed by atoms with Crippen molar-refractivity contribution in [3.05, 3.63) is 87.5 Å². The number of carbonyl (C=O) groups excluding carboxylic acids is 1. The molecule has 1 aliphatic carbocycles. The van der Waals surface area contributed by atoms with Crippen LogP contribution in [0.25, 0.3) is 0 Å². The fraction of sp³-hybridized carbons (Fsp3) is 0.280. The normalized spacial score (nSPS) is 20.1. The van der Waals surface area contributed by atoms with Gasteiger partial charge in [0.05, 0.1) is 5.92 Å². The number of benzene rings is 2. The monoisotopic (exact) mass is 434 g/mol. The van der Waals surface area contributed by atoms with Crippen molar-refractivity contribution in [2.75, 3.05) is 0 Å². The molecule has 2 aromatic carbocycles. The van der Waals surface area contributed by atoms with Crippen LogP contribution in [0, 0.1) is 16.7 Å². The van der Waals surface area contributed by atoms with E-state index in [0.717, 1.165) is 11.1 Å². The van der Waals surface area contributed by atoms with Gasteiger partial charge in [0, 0.05) is 29.0 Å². The second kappa shape index (κ2) is 8.13. The first-order valence-corrected chi connectivity index (χ1v) is 10.5. The predicted octanol–water partition coefficient (Wildman–Crippen LogP) is 5.37. The number of carbonyl (C=O) groups is 1. The second-order valence-electron chi connectivity index (χ2n) is 8.66. The lowest BCUT2D eigenvalue weighted by Gasteiger charge is -2.37. The van der Waals surface area contributed by atoms with Crippen LogP contribution in [0.2, 0.25) is 5.02 Å². The van der Waals surface area contributed by atoms with Gasteiger partial charge in [-0.2, -0.15) is 5.26 Å². The maximum atomic E-state index is 13.1. The number of Topliss-reactive ketones (excluding diaryl/α,β-unsaturated/α-hetero) is 1. The first kappa shape index (κ1) is 21.0. The quantitative estimate of drug-likeness (QED) is 0.699. The van der Waals surface area contributed by atoms with Crippen molar-refractivity contribution in [1.82, 2.24) is 0 Å². The van der Waals surface area contributed by atoms with Gasteiger partial charge >= 0.3 is 0 Å². The zero-order valence-corrected chi connectivity index (χ0v) is 18.2. The average Bonchev–Trinajstić information content (AvgIpc) is 2.71. The van der Waals surface area contributed by atoms with Gasteiger partial charge < -0.3 is 15.2 Å². The van der Waals surface area contributed by atoms with E-state index in [-0.39, 0.29) is 22.7 Å². The summed E-state index contributed by atoms with van der Waals surface area (Å²) in [6.07, 6.45) is 0.986. The standard InChI is InChI=1S/C25H23ClN2O3/c1-25(2)11-20(29)23-21(12-25)31-24(28)18(13-27)22(23)15-7-5-8-17(10-15)30-14-16-6-3-4-9-19(16)26/h3-10,22H,11-12,14,28H2,1-2H3. The topological polar surface area (TPSA) is 85.3 Å². The molecule has 6 heteroatoms. The summed E-state index contributed by atoms with van der Waals surface area (Å²) in [6, 6.07) is 17.0. The van der Waals surface area contributed by atoms with E-state index in [1.54, 1.807) is 0 Å². The van der Waals surface area contributed by atoms with E-state index in [2.05, 4.69) is 6.07 Å². The molecule has 0 saturated carbocycles. The lowest BCUT2D eigenvalue weighted by atomic mass is 9.70. The third-order valence-electron chi connectivity index (χ3n) is 5.62. The molecule has 0 bridgehead atoms. The molecule has 1 atom stereocenters. The molecule has 1 unspecified atom stereocenters. The SMILES string of the molecule is CC1(C)CC(=O)C2=C(C1)OC(N)=C(C#N)C2c1cccc(OCc2ccccc2Cl)c1. The Balaban J connectivity index is 1.69. The molecule has 0 aromatic heterocycles. The van der Waals surface area contributed by atoms with Crippen LogP contribution in [0.3, 0.4) is 0 Å². The molecule has 31 heavy (non-hydrogen) atoms. The van der Waals surface area contributed by atoms with E-state index in [0.29, 0.717) is 41.6 Å². The molecule has 2 aromatic rings. The molecular weight excluding hydrogens is 412 g/mol. The zero-order valence-electron chi connectivity index (χ0n) is 17.4. The average molecular weight is 435 g/mol. The van der Waals surface area contributed by atoms with Gasteiger partial charge in [-0.15, -0.1) is 0 Å². The van der Waals surface area contributed by atoms with E-state index in [4.69, 9.17) is 26.8 Å². The van der Waals surface area contributed by atoms with Gasteiger partial charge in [0.2, 0.25) is 5.88 Å². The Labute approximate surface area is 186 Å².